The van der Waals surface area contributed by atoms with Crippen molar-refractivity contribution in [2.24, 2.45) is 0 Å². The Morgan fingerprint density at radius 2 is 1.75 bits per heavy atom. The molecule has 1 aromatic carbocycles. The van der Waals surface area contributed by atoms with Crippen molar-refractivity contribution in [2.45, 2.75) is 6.54 Å². The first-order valence-corrected chi connectivity index (χ1v) is 8.96. The van der Waals surface area contributed by atoms with Crippen molar-refractivity contribution >= 4 is 23.2 Å². The fraction of sp³-hybridized carbons (Fsp3) is 0.333. The van der Waals surface area contributed by atoms with Crippen molar-refractivity contribution < 1.29 is 9.59 Å². The largest absolute Gasteiger partial charge is 0.351 e. The SMILES string of the molecule is O=C(CN1CCN(C(=O)c2cccs2)CC1)NCc1ccccc1. The third kappa shape index (κ3) is 4.43. The van der Waals surface area contributed by atoms with Crippen LogP contribution in [0.2, 0.25) is 0 Å². The number of nitrogens with one attached hydrogen (secondary N) is 1. The molecule has 1 aliphatic rings. The van der Waals surface area contributed by atoms with Gasteiger partial charge in [0.05, 0.1) is 11.4 Å². The summed E-state index contributed by atoms with van der Waals surface area (Å²) >= 11 is 1.47. The lowest BCUT2D eigenvalue weighted by atomic mass is 10.2. The first-order chi connectivity index (χ1) is 11.7. The van der Waals surface area contributed by atoms with E-state index in [-0.39, 0.29) is 11.8 Å². The van der Waals surface area contributed by atoms with Gasteiger partial charge in [0.2, 0.25) is 5.91 Å². The number of amides is 2. The smallest absolute Gasteiger partial charge is 0.264 e. The van der Waals surface area contributed by atoms with E-state index in [1.54, 1.807) is 0 Å². The van der Waals surface area contributed by atoms with E-state index < -0.39 is 0 Å². The number of carbonyl (C=O) groups excluding carboxylic acids is 2. The number of nitrogens with zero attached hydrogens (tertiary/aromatic N) is 2. The molecule has 6 heteroatoms. The summed E-state index contributed by atoms with van der Waals surface area (Å²) in [6, 6.07) is 13.6. The van der Waals surface area contributed by atoms with E-state index in [2.05, 4.69) is 10.2 Å². The van der Waals surface area contributed by atoms with Crippen molar-refractivity contribution in [1.29, 1.82) is 0 Å². The quantitative estimate of drug-likeness (QED) is 0.901. The molecule has 1 aliphatic heterocycles. The van der Waals surface area contributed by atoms with E-state index in [4.69, 9.17) is 0 Å². The third-order valence-electron chi connectivity index (χ3n) is 4.09. The molecule has 0 aliphatic carbocycles. The summed E-state index contributed by atoms with van der Waals surface area (Å²) in [7, 11) is 0. The van der Waals surface area contributed by atoms with Crippen molar-refractivity contribution in [3.8, 4) is 0 Å². The molecule has 1 aromatic heterocycles. The molecule has 2 amide bonds. The minimum Gasteiger partial charge on any atom is -0.351 e. The summed E-state index contributed by atoms with van der Waals surface area (Å²) < 4.78 is 0. The van der Waals surface area contributed by atoms with Gasteiger partial charge in [-0.1, -0.05) is 36.4 Å². The number of hydrogen-bond acceptors (Lipinski definition) is 4. The number of rotatable bonds is 5. The fourth-order valence-electron chi connectivity index (χ4n) is 2.72. The molecule has 0 radical (unpaired) electrons. The molecular formula is C18H21N3O2S. The van der Waals surface area contributed by atoms with Crippen molar-refractivity contribution in [3.05, 3.63) is 58.3 Å². The topological polar surface area (TPSA) is 52.7 Å². The predicted octanol–water partition coefficient (Wildman–Crippen LogP) is 1.82. The van der Waals surface area contributed by atoms with E-state index in [0.717, 1.165) is 23.5 Å². The average molecular weight is 343 g/mol. The maximum Gasteiger partial charge on any atom is 0.264 e. The lowest BCUT2D eigenvalue weighted by molar-refractivity contribution is -0.122. The van der Waals surface area contributed by atoms with E-state index in [1.165, 1.54) is 11.3 Å². The number of piperazine rings is 1. The first kappa shape index (κ1) is 16.7. The number of thiophene rings is 1. The van der Waals surface area contributed by atoms with Gasteiger partial charge in [-0.3, -0.25) is 14.5 Å². The van der Waals surface area contributed by atoms with Crippen LogP contribution in [0.5, 0.6) is 0 Å². The standard InChI is InChI=1S/C18H21N3O2S/c22-17(19-13-15-5-2-1-3-6-15)14-20-8-10-21(11-9-20)18(23)16-7-4-12-24-16/h1-7,12H,8-11,13-14H2,(H,19,22). The molecule has 5 nitrogen and oxygen atoms in total. The predicted molar refractivity (Wildman–Crippen MR) is 95.0 cm³/mol. The van der Waals surface area contributed by atoms with Crippen LogP contribution in [0, 0.1) is 0 Å². The highest BCUT2D eigenvalue weighted by Gasteiger charge is 2.23. The van der Waals surface area contributed by atoms with E-state index in [1.807, 2.05) is 52.7 Å². The second kappa shape index (κ2) is 8.08. The lowest BCUT2D eigenvalue weighted by Gasteiger charge is -2.34. The molecule has 24 heavy (non-hydrogen) atoms. The summed E-state index contributed by atoms with van der Waals surface area (Å²) in [6.07, 6.45) is 0. The third-order valence-corrected chi connectivity index (χ3v) is 4.95. The van der Waals surface area contributed by atoms with E-state index in [0.29, 0.717) is 26.2 Å². The Kier molecular flexibility index (Phi) is 5.61. The molecule has 126 valence electrons. The average Bonchev–Trinajstić information content (AvgIpc) is 3.16. The second-order valence-corrected chi connectivity index (χ2v) is 6.76. The van der Waals surface area contributed by atoms with Crippen LogP contribution in [0.1, 0.15) is 15.2 Å². The van der Waals surface area contributed by atoms with Gasteiger partial charge >= 0.3 is 0 Å². The van der Waals surface area contributed by atoms with Gasteiger partial charge < -0.3 is 10.2 Å². The van der Waals surface area contributed by atoms with Gasteiger partial charge in [-0.05, 0) is 17.0 Å². The van der Waals surface area contributed by atoms with Crippen molar-refractivity contribution in [2.75, 3.05) is 32.7 Å². The van der Waals surface area contributed by atoms with Gasteiger partial charge in [0, 0.05) is 32.7 Å². The van der Waals surface area contributed by atoms with Gasteiger partial charge in [0.25, 0.3) is 5.91 Å². The molecule has 0 atom stereocenters. The molecule has 2 heterocycles. The Labute approximate surface area is 145 Å². The van der Waals surface area contributed by atoms with Gasteiger partial charge in [0.15, 0.2) is 0 Å². The molecule has 1 saturated heterocycles. The Bertz CT molecular complexity index is 665. The summed E-state index contributed by atoms with van der Waals surface area (Å²) in [5.41, 5.74) is 1.09. The maximum atomic E-state index is 12.3. The zero-order chi connectivity index (χ0) is 16.8. The summed E-state index contributed by atoms with van der Waals surface area (Å²) in [4.78, 5) is 29.1. The molecule has 3 rings (SSSR count). The molecule has 0 bridgehead atoms. The molecule has 2 aromatic rings. The van der Waals surface area contributed by atoms with Crippen molar-refractivity contribution in [3.63, 3.8) is 0 Å². The van der Waals surface area contributed by atoms with Crippen molar-refractivity contribution in [1.82, 2.24) is 15.1 Å². The minimum absolute atomic E-state index is 0.0249. The summed E-state index contributed by atoms with van der Waals surface area (Å²) in [5.74, 6) is 0.120. The first-order valence-electron chi connectivity index (χ1n) is 8.08. The number of benzene rings is 1. The zero-order valence-electron chi connectivity index (χ0n) is 13.5. The molecule has 1 N–H and O–H groups in total. The Morgan fingerprint density at radius 3 is 2.42 bits per heavy atom. The number of carbonyl (C=O) groups is 2. The van der Waals surface area contributed by atoms with Gasteiger partial charge in [-0.2, -0.15) is 0 Å². The van der Waals surface area contributed by atoms with Crippen LogP contribution >= 0.6 is 11.3 Å². The monoisotopic (exact) mass is 343 g/mol. The highest BCUT2D eigenvalue weighted by Crippen LogP contribution is 2.13. The molecule has 1 fully saturated rings. The molecule has 0 spiro atoms. The molecular weight excluding hydrogens is 322 g/mol. The maximum absolute atomic E-state index is 12.3. The summed E-state index contributed by atoms with van der Waals surface area (Å²) in [5, 5.41) is 4.86. The van der Waals surface area contributed by atoms with Crippen LogP contribution in [0.25, 0.3) is 0 Å². The van der Waals surface area contributed by atoms with Crippen LogP contribution < -0.4 is 5.32 Å². The Morgan fingerprint density at radius 1 is 1.00 bits per heavy atom. The summed E-state index contributed by atoms with van der Waals surface area (Å²) in [6.45, 7) is 3.74. The van der Waals surface area contributed by atoms with Crippen LogP contribution in [0.3, 0.4) is 0 Å². The Hall–Kier alpha value is -2.18. The number of hydrogen-bond donors (Lipinski definition) is 1. The highest BCUT2D eigenvalue weighted by molar-refractivity contribution is 7.12. The molecule has 0 unspecified atom stereocenters. The Balaban J connectivity index is 1.40. The van der Waals surface area contributed by atoms with Gasteiger partial charge in [-0.15, -0.1) is 11.3 Å². The zero-order valence-corrected chi connectivity index (χ0v) is 14.3. The fourth-order valence-corrected chi connectivity index (χ4v) is 3.41. The highest BCUT2D eigenvalue weighted by atomic mass is 32.1. The van der Waals surface area contributed by atoms with Crippen LogP contribution in [-0.4, -0.2) is 54.3 Å². The van der Waals surface area contributed by atoms with Crippen LogP contribution in [-0.2, 0) is 11.3 Å². The van der Waals surface area contributed by atoms with Gasteiger partial charge in [-0.25, -0.2) is 0 Å². The van der Waals surface area contributed by atoms with Crippen LogP contribution in [0.15, 0.2) is 47.8 Å². The molecule has 0 saturated carbocycles. The minimum atomic E-state index is 0.0249. The van der Waals surface area contributed by atoms with Crippen LogP contribution in [0.4, 0.5) is 0 Å². The van der Waals surface area contributed by atoms with E-state index in [9.17, 15) is 9.59 Å². The van der Waals surface area contributed by atoms with E-state index >= 15 is 0 Å². The lowest BCUT2D eigenvalue weighted by Crippen LogP contribution is -2.51. The second-order valence-electron chi connectivity index (χ2n) is 5.81. The van der Waals surface area contributed by atoms with Gasteiger partial charge in [0.1, 0.15) is 0 Å². The normalized spacial score (nSPS) is 15.2.